The molecule has 0 unspecified atom stereocenters. The molecule has 0 aliphatic rings. The third kappa shape index (κ3) is 4.89. The van der Waals surface area contributed by atoms with Crippen LogP contribution in [-0.4, -0.2) is 22.9 Å². The molecule has 0 saturated carbocycles. The molecule has 0 amide bonds. The lowest BCUT2D eigenvalue weighted by Gasteiger charge is -2.14. The van der Waals surface area contributed by atoms with Crippen molar-refractivity contribution in [2.75, 3.05) is 7.11 Å². The average molecular weight is 377 g/mol. The second-order valence-electron chi connectivity index (χ2n) is 8.10. The highest BCUT2D eigenvalue weighted by atomic mass is 16.5. The zero-order chi connectivity index (χ0) is 20.1. The van der Waals surface area contributed by atoms with E-state index in [1.165, 1.54) is 18.4 Å². The maximum absolute atomic E-state index is 11.6. The average Bonchev–Trinajstić information content (AvgIpc) is 3.10. The van der Waals surface area contributed by atoms with Crippen molar-refractivity contribution in [3.05, 3.63) is 88.7 Å². The number of rotatable bonds is 6. The molecule has 146 valence electrons. The van der Waals surface area contributed by atoms with E-state index >= 15 is 0 Å². The highest BCUT2D eigenvalue weighted by Crippen LogP contribution is 2.23. The standard InChI is InChI=1S/C24H28N2O2/c1-24(2,3)22-16-21(15-12-18-8-6-5-7-9-18)26(25-22)17-19-10-13-20(14-11-19)23(27)28-4/h5-11,13-14,16H,12,15,17H2,1-4H3. The number of hydrogen-bond acceptors (Lipinski definition) is 3. The number of aromatic nitrogens is 2. The van der Waals surface area contributed by atoms with E-state index in [9.17, 15) is 4.79 Å². The fraction of sp³-hybridized carbons (Fsp3) is 0.333. The van der Waals surface area contributed by atoms with Crippen molar-refractivity contribution in [2.45, 2.75) is 45.6 Å². The number of hydrogen-bond donors (Lipinski definition) is 0. The van der Waals surface area contributed by atoms with Crippen molar-refractivity contribution in [3.63, 3.8) is 0 Å². The van der Waals surface area contributed by atoms with E-state index in [-0.39, 0.29) is 11.4 Å². The van der Waals surface area contributed by atoms with E-state index in [0.29, 0.717) is 12.1 Å². The van der Waals surface area contributed by atoms with Gasteiger partial charge < -0.3 is 4.74 Å². The number of benzene rings is 2. The third-order valence-corrected chi connectivity index (χ3v) is 4.85. The van der Waals surface area contributed by atoms with E-state index in [4.69, 9.17) is 9.84 Å². The van der Waals surface area contributed by atoms with Crippen molar-refractivity contribution in [2.24, 2.45) is 0 Å². The molecule has 0 atom stereocenters. The number of carbonyl (C=O) groups excluding carboxylic acids is 1. The van der Waals surface area contributed by atoms with Crippen LogP contribution in [0.3, 0.4) is 0 Å². The first-order valence-electron chi connectivity index (χ1n) is 9.65. The highest BCUT2D eigenvalue weighted by molar-refractivity contribution is 5.89. The topological polar surface area (TPSA) is 44.1 Å². The lowest BCUT2D eigenvalue weighted by atomic mass is 9.92. The van der Waals surface area contributed by atoms with Gasteiger partial charge >= 0.3 is 5.97 Å². The molecule has 0 spiro atoms. The summed E-state index contributed by atoms with van der Waals surface area (Å²) >= 11 is 0. The summed E-state index contributed by atoms with van der Waals surface area (Å²) in [6.07, 6.45) is 1.92. The van der Waals surface area contributed by atoms with E-state index in [0.717, 1.165) is 24.1 Å². The largest absolute Gasteiger partial charge is 0.465 e. The van der Waals surface area contributed by atoms with Crippen LogP contribution in [-0.2, 0) is 29.5 Å². The summed E-state index contributed by atoms with van der Waals surface area (Å²) in [5.41, 5.74) is 5.33. The first kappa shape index (κ1) is 19.9. The smallest absolute Gasteiger partial charge is 0.337 e. The van der Waals surface area contributed by atoms with Crippen molar-refractivity contribution in [3.8, 4) is 0 Å². The Bertz CT molecular complexity index is 919. The molecule has 0 fully saturated rings. The quantitative estimate of drug-likeness (QED) is 0.581. The van der Waals surface area contributed by atoms with Gasteiger partial charge in [-0.1, -0.05) is 63.2 Å². The predicted octanol–water partition coefficient (Wildman–Crippen LogP) is 4.80. The lowest BCUT2D eigenvalue weighted by Crippen LogP contribution is -2.13. The fourth-order valence-corrected chi connectivity index (χ4v) is 3.11. The van der Waals surface area contributed by atoms with Gasteiger partial charge in [-0.05, 0) is 42.2 Å². The normalized spacial score (nSPS) is 11.4. The van der Waals surface area contributed by atoms with Crippen LogP contribution in [0.5, 0.6) is 0 Å². The van der Waals surface area contributed by atoms with Crippen LogP contribution in [0.4, 0.5) is 0 Å². The summed E-state index contributed by atoms with van der Waals surface area (Å²) in [6, 6.07) is 20.3. The summed E-state index contributed by atoms with van der Waals surface area (Å²) in [5, 5.41) is 4.89. The van der Waals surface area contributed by atoms with E-state index < -0.39 is 0 Å². The number of methoxy groups -OCH3 is 1. The molecule has 0 N–H and O–H groups in total. The maximum Gasteiger partial charge on any atom is 0.337 e. The van der Waals surface area contributed by atoms with Crippen molar-refractivity contribution < 1.29 is 9.53 Å². The van der Waals surface area contributed by atoms with Crippen LogP contribution < -0.4 is 0 Å². The van der Waals surface area contributed by atoms with Gasteiger partial charge in [-0.2, -0.15) is 5.10 Å². The molecule has 1 aromatic heterocycles. The number of aryl methyl sites for hydroxylation is 2. The minimum absolute atomic E-state index is 0.00148. The van der Waals surface area contributed by atoms with Crippen LogP contribution in [0, 0.1) is 0 Å². The summed E-state index contributed by atoms with van der Waals surface area (Å²) in [4.78, 5) is 11.6. The summed E-state index contributed by atoms with van der Waals surface area (Å²) in [6.45, 7) is 7.24. The van der Waals surface area contributed by atoms with Crippen molar-refractivity contribution in [1.29, 1.82) is 0 Å². The minimum Gasteiger partial charge on any atom is -0.465 e. The second kappa shape index (κ2) is 8.42. The molecule has 1 heterocycles. The Morgan fingerprint density at radius 1 is 0.964 bits per heavy atom. The minimum atomic E-state index is -0.316. The predicted molar refractivity (Wildman–Crippen MR) is 112 cm³/mol. The monoisotopic (exact) mass is 376 g/mol. The van der Waals surface area contributed by atoms with Crippen LogP contribution in [0.2, 0.25) is 0 Å². The molecule has 4 nitrogen and oxygen atoms in total. The molecule has 2 aromatic carbocycles. The molecular weight excluding hydrogens is 348 g/mol. The SMILES string of the molecule is COC(=O)c1ccc(Cn2nc(C(C)(C)C)cc2CCc2ccccc2)cc1. The van der Waals surface area contributed by atoms with Gasteiger partial charge in [0.25, 0.3) is 0 Å². The Balaban J connectivity index is 1.82. The molecule has 0 aliphatic carbocycles. The second-order valence-corrected chi connectivity index (χ2v) is 8.10. The molecule has 0 saturated heterocycles. The molecule has 0 bridgehead atoms. The Hall–Kier alpha value is -2.88. The Morgan fingerprint density at radius 2 is 1.64 bits per heavy atom. The van der Waals surface area contributed by atoms with Crippen LogP contribution in [0.1, 0.15) is 53.6 Å². The fourth-order valence-electron chi connectivity index (χ4n) is 3.11. The number of carbonyl (C=O) groups is 1. The first-order valence-corrected chi connectivity index (χ1v) is 9.65. The third-order valence-electron chi connectivity index (χ3n) is 4.85. The lowest BCUT2D eigenvalue weighted by molar-refractivity contribution is 0.0600. The van der Waals surface area contributed by atoms with Crippen LogP contribution in [0.15, 0.2) is 60.7 Å². The van der Waals surface area contributed by atoms with E-state index in [1.54, 1.807) is 12.1 Å². The van der Waals surface area contributed by atoms with Gasteiger partial charge in [0.05, 0.1) is 24.9 Å². The molecule has 0 aliphatic heterocycles. The van der Waals surface area contributed by atoms with Crippen molar-refractivity contribution >= 4 is 5.97 Å². The highest BCUT2D eigenvalue weighted by Gasteiger charge is 2.20. The number of nitrogens with zero attached hydrogens (tertiary/aromatic N) is 2. The molecule has 0 radical (unpaired) electrons. The van der Waals surface area contributed by atoms with Crippen LogP contribution in [0.25, 0.3) is 0 Å². The summed E-state index contributed by atoms with van der Waals surface area (Å²) in [5.74, 6) is -0.316. The Labute approximate surface area is 167 Å². The van der Waals surface area contributed by atoms with Gasteiger partial charge in [0, 0.05) is 11.1 Å². The Morgan fingerprint density at radius 3 is 2.25 bits per heavy atom. The van der Waals surface area contributed by atoms with Gasteiger partial charge in [0.2, 0.25) is 0 Å². The van der Waals surface area contributed by atoms with E-state index in [2.05, 4.69) is 55.8 Å². The summed E-state index contributed by atoms with van der Waals surface area (Å²) < 4.78 is 6.87. The van der Waals surface area contributed by atoms with Crippen molar-refractivity contribution in [1.82, 2.24) is 9.78 Å². The molecule has 3 aromatic rings. The number of esters is 1. The first-order chi connectivity index (χ1) is 13.4. The molecule has 3 rings (SSSR count). The zero-order valence-electron chi connectivity index (χ0n) is 17.1. The molecular formula is C24H28N2O2. The zero-order valence-corrected chi connectivity index (χ0v) is 17.1. The van der Waals surface area contributed by atoms with Gasteiger partial charge in [-0.15, -0.1) is 0 Å². The molecule has 4 heteroatoms. The maximum atomic E-state index is 11.6. The van der Waals surface area contributed by atoms with Gasteiger partial charge in [-0.25, -0.2) is 4.79 Å². The number of ether oxygens (including phenoxy) is 1. The molecule has 28 heavy (non-hydrogen) atoms. The van der Waals surface area contributed by atoms with Gasteiger partial charge in [-0.3, -0.25) is 4.68 Å². The summed E-state index contributed by atoms with van der Waals surface area (Å²) in [7, 11) is 1.40. The van der Waals surface area contributed by atoms with Gasteiger partial charge in [0.15, 0.2) is 0 Å². The van der Waals surface area contributed by atoms with E-state index in [1.807, 2.05) is 18.2 Å². The van der Waals surface area contributed by atoms with Crippen LogP contribution >= 0.6 is 0 Å². The Kier molecular flexibility index (Phi) is 5.98. The van der Waals surface area contributed by atoms with Gasteiger partial charge in [0.1, 0.15) is 0 Å².